The first kappa shape index (κ1) is 17.6. The summed E-state index contributed by atoms with van der Waals surface area (Å²) in [6.07, 6.45) is 2.31. The van der Waals surface area contributed by atoms with Gasteiger partial charge in [-0.3, -0.25) is 0 Å². The van der Waals surface area contributed by atoms with Gasteiger partial charge in [-0.1, -0.05) is 41.4 Å². The molecule has 0 atom stereocenters. The first-order valence-electron chi connectivity index (χ1n) is 8.00. The third-order valence-corrected chi connectivity index (χ3v) is 5.08. The molecule has 2 nitrogen and oxygen atoms in total. The minimum atomic E-state index is 0. The Morgan fingerprint density at radius 1 is 0.917 bits per heavy atom. The lowest BCUT2D eigenvalue weighted by Crippen LogP contribution is -2.26. The van der Waals surface area contributed by atoms with Crippen molar-refractivity contribution in [3.05, 3.63) is 58.1 Å². The average molecular weight is 382 g/mol. The number of para-hydroxylation sites is 1. The van der Waals surface area contributed by atoms with Crippen molar-refractivity contribution in [2.75, 3.05) is 13.1 Å². The van der Waals surface area contributed by atoms with Crippen LogP contribution in [-0.4, -0.2) is 18.1 Å². The molecule has 0 spiro atoms. The predicted molar refractivity (Wildman–Crippen MR) is 106 cm³/mol. The lowest BCUT2D eigenvalue weighted by Gasteiger charge is -2.24. The number of nitrogens with one attached hydrogen (secondary N) is 2. The number of rotatable bonds is 2. The Morgan fingerprint density at radius 2 is 1.58 bits per heavy atom. The summed E-state index contributed by atoms with van der Waals surface area (Å²) in [5, 5.41) is 6.10. The van der Waals surface area contributed by atoms with Crippen molar-refractivity contribution in [2.24, 2.45) is 0 Å². The predicted octanol–water partition coefficient (Wildman–Crippen LogP) is 6.03. The number of aromatic amines is 1. The summed E-state index contributed by atoms with van der Waals surface area (Å²) in [7, 11) is 0. The van der Waals surface area contributed by atoms with Crippen molar-refractivity contribution in [3.8, 4) is 11.3 Å². The van der Waals surface area contributed by atoms with E-state index in [9.17, 15) is 0 Å². The van der Waals surface area contributed by atoms with Gasteiger partial charge < -0.3 is 10.3 Å². The van der Waals surface area contributed by atoms with Crippen LogP contribution in [0.3, 0.4) is 0 Å². The van der Waals surface area contributed by atoms with E-state index in [4.69, 9.17) is 23.2 Å². The molecule has 3 aromatic rings. The van der Waals surface area contributed by atoms with Gasteiger partial charge in [-0.05, 0) is 61.7 Å². The van der Waals surface area contributed by atoms with E-state index in [1.807, 2.05) is 12.1 Å². The van der Waals surface area contributed by atoms with Crippen LogP contribution in [0.4, 0.5) is 0 Å². The molecule has 5 heteroatoms. The molecule has 126 valence electrons. The SMILES string of the molecule is Cl.Clc1cc(Cl)cc(-c2[nH]c3ccccc3c2C2CCNCC2)c1. The molecule has 0 radical (unpaired) electrons. The molecule has 0 aliphatic carbocycles. The Kier molecular flexibility index (Phi) is 5.41. The number of aromatic nitrogens is 1. The number of fused-ring (bicyclic) bond motifs is 1. The summed E-state index contributed by atoms with van der Waals surface area (Å²) in [6.45, 7) is 2.14. The first-order chi connectivity index (χ1) is 11.2. The summed E-state index contributed by atoms with van der Waals surface area (Å²) >= 11 is 12.5. The number of hydrogen-bond donors (Lipinski definition) is 2. The van der Waals surface area contributed by atoms with Gasteiger partial charge in [-0.15, -0.1) is 12.4 Å². The molecule has 0 amide bonds. The molecule has 0 bridgehead atoms. The smallest absolute Gasteiger partial charge is 0.0501 e. The summed E-state index contributed by atoms with van der Waals surface area (Å²) in [6, 6.07) is 14.3. The van der Waals surface area contributed by atoms with Crippen LogP contribution in [-0.2, 0) is 0 Å². The van der Waals surface area contributed by atoms with Crippen molar-refractivity contribution < 1.29 is 0 Å². The Morgan fingerprint density at radius 3 is 2.29 bits per heavy atom. The normalized spacial score (nSPS) is 15.4. The van der Waals surface area contributed by atoms with Gasteiger partial charge in [0.2, 0.25) is 0 Å². The Hall–Kier alpha value is -1.19. The molecule has 0 unspecified atom stereocenters. The fourth-order valence-corrected chi connectivity index (χ4v) is 4.15. The zero-order valence-corrected chi connectivity index (χ0v) is 15.4. The fraction of sp³-hybridized carbons (Fsp3) is 0.263. The fourth-order valence-electron chi connectivity index (χ4n) is 3.62. The second-order valence-corrected chi connectivity index (χ2v) is 7.01. The lowest BCUT2D eigenvalue weighted by atomic mass is 9.86. The second kappa shape index (κ2) is 7.37. The minimum Gasteiger partial charge on any atom is -0.354 e. The van der Waals surface area contributed by atoms with Crippen LogP contribution in [0, 0.1) is 0 Å². The van der Waals surface area contributed by atoms with Gasteiger partial charge in [0, 0.05) is 26.5 Å². The van der Waals surface area contributed by atoms with Crippen LogP contribution in [0.15, 0.2) is 42.5 Å². The molecule has 0 saturated carbocycles. The van der Waals surface area contributed by atoms with Crippen LogP contribution >= 0.6 is 35.6 Å². The minimum absolute atomic E-state index is 0. The van der Waals surface area contributed by atoms with Crippen molar-refractivity contribution >= 4 is 46.5 Å². The van der Waals surface area contributed by atoms with E-state index in [0.717, 1.165) is 37.2 Å². The van der Waals surface area contributed by atoms with E-state index in [2.05, 4.69) is 34.6 Å². The van der Waals surface area contributed by atoms with Gasteiger partial charge in [-0.25, -0.2) is 0 Å². The van der Waals surface area contributed by atoms with Crippen molar-refractivity contribution in [1.29, 1.82) is 0 Å². The maximum atomic E-state index is 6.23. The third kappa shape index (κ3) is 3.29. The van der Waals surface area contributed by atoms with E-state index in [1.54, 1.807) is 6.07 Å². The monoisotopic (exact) mass is 380 g/mol. The summed E-state index contributed by atoms with van der Waals surface area (Å²) < 4.78 is 0. The highest BCUT2D eigenvalue weighted by Gasteiger charge is 2.23. The molecule has 1 aliphatic heterocycles. The molecule has 1 fully saturated rings. The highest BCUT2D eigenvalue weighted by Crippen LogP contribution is 2.40. The summed E-state index contributed by atoms with van der Waals surface area (Å²) in [4.78, 5) is 3.59. The van der Waals surface area contributed by atoms with Crippen molar-refractivity contribution in [1.82, 2.24) is 10.3 Å². The topological polar surface area (TPSA) is 27.8 Å². The third-order valence-electron chi connectivity index (χ3n) is 4.64. The van der Waals surface area contributed by atoms with Crippen molar-refractivity contribution in [3.63, 3.8) is 0 Å². The molecule has 4 rings (SSSR count). The van der Waals surface area contributed by atoms with Crippen LogP contribution in [0.1, 0.15) is 24.3 Å². The zero-order valence-electron chi connectivity index (χ0n) is 13.1. The van der Waals surface area contributed by atoms with E-state index in [-0.39, 0.29) is 12.4 Å². The number of halogens is 3. The van der Waals surface area contributed by atoms with Gasteiger partial charge in [0.1, 0.15) is 0 Å². The Labute approximate surface area is 158 Å². The van der Waals surface area contributed by atoms with E-state index >= 15 is 0 Å². The van der Waals surface area contributed by atoms with Gasteiger partial charge in [-0.2, -0.15) is 0 Å². The first-order valence-corrected chi connectivity index (χ1v) is 8.76. The van der Waals surface area contributed by atoms with Crippen LogP contribution in [0.25, 0.3) is 22.2 Å². The molecular formula is C19H19Cl3N2. The van der Waals surface area contributed by atoms with Crippen LogP contribution < -0.4 is 5.32 Å². The maximum Gasteiger partial charge on any atom is 0.0501 e. The Bertz CT molecular complexity index is 831. The maximum absolute atomic E-state index is 6.23. The zero-order chi connectivity index (χ0) is 15.8. The number of benzene rings is 2. The quantitative estimate of drug-likeness (QED) is 0.557. The number of hydrogen-bond acceptors (Lipinski definition) is 1. The van der Waals surface area contributed by atoms with Crippen LogP contribution in [0.2, 0.25) is 10.0 Å². The highest BCUT2D eigenvalue weighted by molar-refractivity contribution is 6.35. The standard InChI is InChI=1S/C19H18Cl2N2.ClH/c20-14-9-13(10-15(21)11-14)19-18(12-5-7-22-8-6-12)16-3-1-2-4-17(16)23-19;/h1-4,9-12,22-23H,5-8H2;1H. The van der Waals surface area contributed by atoms with E-state index in [0.29, 0.717) is 16.0 Å². The van der Waals surface area contributed by atoms with Crippen molar-refractivity contribution in [2.45, 2.75) is 18.8 Å². The average Bonchev–Trinajstić information content (AvgIpc) is 2.94. The molecule has 2 N–H and O–H groups in total. The second-order valence-electron chi connectivity index (χ2n) is 6.14. The molecule has 1 aliphatic rings. The van der Waals surface area contributed by atoms with Gasteiger partial charge in [0.15, 0.2) is 0 Å². The highest BCUT2D eigenvalue weighted by atomic mass is 35.5. The lowest BCUT2D eigenvalue weighted by molar-refractivity contribution is 0.463. The van der Waals surface area contributed by atoms with Gasteiger partial charge >= 0.3 is 0 Å². The largest absolute Gasteiger partial charge is 0.354 e. The van der Waals surface area contributed by atoms with Gasteiger partial charge in [0.25, 0.3) is 0 Å². The van der Waals surface area contributed by atoms with Crippen LogP contribution in [0.5, 0.6) is 0 Å². The molecular weight excluding hydrogens is 363 g/mol. The molecule has 1 saturated heterocycles. The Balaban J connectivity index is 0.00000169. The summed E-state index contributed by atoms with van der Waals surface area (Å²) in [5.74, 6) is 0.556. The number of piperidine rings is 1. The molecule has 2 aromatic carbocycles. The molecule has 2 heterocycles. The van der Waals surface area contributed by atoms with E-state index < -0.39 is 0 Å². The van der Waals surface area contributed by atoms with Gasteiger partial charge in [0.05, 0.1) is 5.69 Å². The number of H-pyrrole nitrogens is 1. The van der Waals surface area contributed by atoms with E-state index in [1.165, 1.54) is 16.5 Å². The molecule has 1 aromatic heterocycles. The molecule has 24 heavy (non-hydrogen) atoms. The summed E-state index contributed by atoms with van der Waals surface area (Å²) in [5.41, 5.74) is 4.79.